The van der Waals surface area contributed by atoms with Gasteiger partial charge in [-0.05, 0) is 31.6 Å². The van der Waals surface area contributed by atoms with Crippen molar-refractivity contribution in [3.63, 3.8) is 0 Å². The van der Waals surface area contributed by atoms with E-state index in [0.717, 1.165) is 38.1 Å². The molecule has 0 aliphatic carbocycles. The third-order valence-corrected chi connectivity index (χ3v) is 4.87. The average molecular weight is 266 g/mol. The Labute approximate surface area is 111 Å². The van der Waals surface area contributed by atoms with E-state index in [9.17, 15) is 4.79 Å². The van der Waals surface area contributed by atoms with E-state index in [4.69, 9.17) is 0 Å². The molecule has 0 aromatic carbocycles. The van der Waals surface area contributed by atoms with Gasteiger partial charge in [-0.15, -0.1) is 11.8 Å². The number of amides is 1. The van der Waals surface area contributed by atoms with Gasteiger partial charge in [-0.25, -0.2) is 0 Å². The predicted octanol–water partition coefficient (Wildman–Crippen LogP) is 1.25. The summed E-state index contributed by atoms with van der Waals surface area (Å²) in [4.78, 5) is 12.0. The molecule has 2 aliphatic rings. The van der Waals surface area contributed by atoms with Crippen LogP contribution in [0.4, 0.5) is 5.82 Å². The van der Waals surface area contributed by atoms with Gasteiger partial charge in [0.1, 0.15) is 0 Å². The minimum absolute atomic E-state index is 0.104. The number of nitrogens with zero attached hydrogens (tertiary/aromatic N) is 2. The first-order valence-corrected chi connectivity index (χ1v) is 7.56. The molecule has 0 saturated carbocycles. The second-order valence-corrected chi connectivity index (χ2v) is 6.13. The Morgan fingerprint density at radius 3 is 3.22 bits per heavy atom. The van der Waals surface area contributed by atoms with Crippen molar-refractivity contribution in [3.8, 4) is 0 Å². The van der Waals surface area contributed by atoms with Crippen LogP contribution in [0.5, 0.6) is 0 Å². The normalized spacial score (nSPS) is 27.6. The zero-order valence-corrected chi connectivity index (χ0v) is 11.1. The zero-order chi connectivity index (χ0) is 12.4. The highest BCUT2D eigenvalue weighted by Gasteiger charge is 2.24. The maximum atomic E-state index is 12.0. The SMILES string of the molecule is O=C(Nc1ccn([C@@H]2CCNC2)n1)[C@@H]1CCCS1. The van der Waals surface area contributed by atoms with Crippen LogP contribution >= 0.6 is 11.8 Å². The first-order chi connectivity index (χ1) is 8.83. The molecule has 2 N–H and O–H groups in total. The molecule has 1 aromatic rings. The van der Waals surface area contributed by atoms with Gasteiger partial charge in [-0.1, -0.05) is 0 Å². The molecule has 6 heteroatoms. The molecule has 0 unspecified atom stereocenters. The molecule has 0 radical (unpaired) electrons. The van der Waals surface area contributed by atoms with Crippen LogP contribution in [0.3, 0.4) is 0 Å². The van der Waals surface area contributed by atoms with Crippen LogP contribution in [-0.4, -0.2) is 39.8 Å². The molecule has 1 amide bonds. The van der Waals surface area contributed by atoms with Gasteiger partial charge in [0.15, 0.2) is 5.82 Å². The van der Waals surface area contributed by atoms with Gasteiger partial charge >= 0.3 is 0 Å². The second kappa shape index (κ2) is 5.32. The first kappa shape index (κ1) is 12.0. The molecule has 2 fully saturated rings. The first-order valence-electron chi connectivity index (χ1n) is 6.51. The Balaban J connectivity index is 1.60. The Morgan fingerprint density at radius 2 is 2.50 bits per heavy atom. The second-order valence-electron chi connectivity index (χ2n) is 4.82. The van der Waals surface area contributed by atoms with Crippen molar-refractivity contribution in [2.75, 3.05) is 24.2 Å². The van der Waals surface area contributed by atoms with E-state index in [0.29, 0.717) is 11.9 Å². The molecule has 1 aromatic heterocycles. The van der Waals surface area contributed by atoms with E-state index in [-0.39, 0.29) is 11.2 Å². The molecule has 0 spiro atoms. The summed E-state index contributed by atoms with van der Waals surface area (Å²) in [5, 5.41) is 10.8. The largest absolute Gasteiger partial charge is 0.315 e. The van der Waals surface area contributed by atoms with Gasteiger partial charge in [0, 0.05) is 18.8 Å². The monoisotopic (exact) mass is 266 g/mol. The minimum Gasteiger partial charge on any atom is -0.315 e. The van der Waals surface area contributed by atoms with Crippen LogP contribution in [-0.2, 0) is 4.79 Å². The Bertz CT molecular complexity index is 421. The molecular formula is C12H18N4OS. The van der Waals surface area contributed by atoms with Crippen LogP contribution in [0.25, 0.3) is 0 Å². The molecule has 3 heterocycles. The number of nitrogens with one attached hydrogen (secondary N) is 2. The molecule has 0 bridgehead atoms. The van der Waals surface area contributed by atoms with Gasteiger partial charge in [0.25, 0.3) is 0 Å². The molecule has 18 heavy (non-hydrogen) atoms. The number of carbonyl (C=O) groups is 1. The Hall–Kier alpha value is -1.01. The standard InChI is InChI=1S/C12H18N4OS/c17-12(10-2-1-7-18-10)14-11-4-6-16(15-11)9-3-5-13-8-9/h4,6,9-10,13H,1-3,5,7-8H2,(H,14,15,17)/t9-,10+/m1/s1. The van der Waals surface area contributed by atoms with E-state index < -0.39 is 0 Å². The Kier molecular flexibility index (Phi) is 3.56. The van der Waals surface area contributed by atoms with Gasteiger partial charge in [-0.2, -0.15) is 5.10 Å². The maximum Gasteiger partial charge on any atom is 0.238 e. The summed E-state index contributed by atoms with van der Waals surface area (Å²) in [6.45, 7) is 2.01. The molecule has 2 atom stereocenters. The van der Waals surface area contributed by atoms with Gasteiger partial charge in [0.05, 0.1) is 11.3 Å². The lowest BCUT2D eigenvalue weighted by Crippen LogP contribution is -2.23. The van der Waals surface area contributed by atoms with E-state index in [2.05, 4.69) is 15.7 Å². The van der Waals surface area contributed by atoms with Gasteiger partial charge < -0.3 is 10.6 Å². The summed E-state index contributed by atoms with van der Waals surface area (Å²) in [5.41, 5.74) is 0. The van der Waals surface area contributed by atoms with E-state index >= 15 is 0 Å². The highest BCUT2D eigenvalue weighted by atomic mass is 32.2. The van der Waals surface area contributed by atoms with Crippen LogP contribution in [0.1, 0.15) is 25.3 Å². The summed E-state index contributed by atoms with van der Waals surface area (Å²) in [6, 6.07) is 2.31. The van der Waals surface area contributed by atoms with E-state index in [1.165, 1.54) is 0 Å². The number of hydrogen-bond acceptors (Lipinski definition) is 4. The molecule has 2 aliphatic heterocycles. The van der Waals surface area contributed by atoms with Crippen molar-refractivity contribution < 1.29 is 4.79 Å². The third kappa shape index (κ3) is 2.54. The van der Waals surface area contributed by atoms with Crippen molar-refractivity contribution >= 4 is 23.5 Å². The van der Waals surface area contributed by atoms with Crippen molar-refractivity contribution in [2.24, 2.45) is 0 Å². The fourth-order valence-corrected chi connectivity index (χ4v) is 3.63. The van der Waals surface area contributed by atoms with Crippen molar-refractivity contribution in [1.29, 1.82) is 0 Å². The summed E-state index contributed by atoms with van der Waals surface area (Å²) in [6.07, 6.45) is 5.19. The highest BCUT2D eigenvalue weighted by Crippen LogP contribution is 2.27. The number of hydrogen-bond donors (Lipinski definition) is 2. The molecule has 3 rings (SSSR count). The highest BCUT2D eigenvalue weighted by molar-refractivity contribution is 8.00. The lowest BCUT2D eigenvalue weighted by Gasteiger charge is -2.09. The van der Waals surface area contributed by atoms with E-state index in [1.54, 1.807) is 11.8 Å². The van der Waals surface area contributed by atoms with Crippen LogP contribution in [0, 0.1) is 0 Å². The van der Waals surface area contributed by atoms with Crippen molar-refractivity contribution in [3.05, 3.63) is 12.3 Å². The molecule has 98 valence electrons. The van der Waals surface area contributed by atoms with Crippen LogP contribution in [0.2, 0.25) is 0 Å². The lowest BCUT2D eigenvalue weighted by molar-refractivity contribution is -0.115. The van der Waals surface area contributed by atoms with Gasteiger partial charge in [0.2, 0.25) is 5.91 Å². The molecule has 5 nitrogen and oxygen atoms in total. The smallest absolute Gasteiger partial charge is 0.238 e. The van der Waals surface area contributed by atoms with Crippen molar-refractivity contribution in [1.82, 2.24) is 15.1 Å². The molecular weight excluding hydrogens is 248 g/mol. The number of rotatable bonds is 3. The molecule has 2 saturated heterocycles. The Morgan fingerprint density at radius 1 is 1.56 bits per heavy atom. The maximum absolute atomic E-state index is 12.0. The zero-order valence-electron chi connectivity index (χ0n) is 10.3. The minimum atomic E-state index is 0.104. The topological polar surface area (TPSA) is 59.0 Å². The average Bonchev–Trinajstić information content (AvgIpc) is 3.12. The fraction of sp³-hybridized carbons (Fsp3) is 0.667. The third-order valence-electron chi connectivity index (χ3n) is 3.49. The summed E-state index contributed by atoms with van der Waals surface area (Å²) in [5.74, 6) is 1.88. The number of thioether (sulfide) groups is 1. The summed E-state index contributed by atoms with van der Waals surface area (Å²) in [7, 11) is 0. The summed E-state index contributed by atoms with van der Waals surface area (Å²) < 4.78 is 1.96. The summed E-state index contributed by atoms with van der Waals surface area (Å²) >= 11 is 1.75. The van der Waals surface area contributed by atoms with Gasteiger partial charge in [-0.3, -0.25) is 9.48 Å². The quantitative estimate of drug-likeness (QED) is 0.864. The number of anilines is 1. The van der Waals surface area contributed by atoms with Crippen molar-refractivity contribution in [2.45, 2.75) is 30.6 Å². The van der Waals surface area contributed by atoms with E-state index in [1.807, 2.05) is 16.9 Å². The number of aromatic nitrogens is 2. The predicted molar refractivity (Wildman–Crippen MR) is 72.9 cm³/mol. The number of carbonyl (C=O) groups excluding carboxylic acids is 1. The van der Waals surface area contributed by atoms with Crippen LogP contribution < -0.4 is 10.6 Å². The lowest BCUT2D eigenvalue weighted by atomic mass is 10.2. The fourth-order valence-electron chi connectivity index (χ4n) is 2.46. The van der Waals surface area contributed by atoms with Crippen LogP contribution in [0.15, 0.2) is 12.3 Å².